The largest absolute Gasteiger partial charge is 0.493 e. The molecule has 8 heteroatoms. The topological polar surface area (TPSA) is 70.1 Å². The molecule has 3 aromatic rings. The summed E-state index contributed by atoms with van der Waals surface area (Å²) in [6.45, 7) is 22.7. The predicted molar refractivity (Wildman–Crippen MR) is 200 cm³/mol. The number of carbonyl (C=O) groups is 1. The van der Waals surface area contributed by atoms with Gasteiger partial charge in [0.25, 0.3) is 0 Å². The third kappa shape index (κ3) is 11.1. The zero-order valence-electron chi connectivity index (χ0n) is 31.8. The van der Waals surface area contributed by atoms with E-state index in [1.165, 1.54) is 12.1 Å². The summed E-state index contributed by atoms with van der Waals surface area (Å²) in [5.74, 6) is 0.0543. The molecule has 1 aromatic heterocycles. The second-order valence-electron chi connectivity index (χ2n) is 15.5. The average molecular weight is 689 g/mol. The second kappa shape index (κ2) is 17.0. The van der Waals surface area contributed by atoms with Crippen molar-refractivity contribution in [2.45, 2.75) is 112 Å². The highest BCUT2D eigenvalue weighted by Crippen LogP contribution is 2.46. The van der Waals surface area contributed by atoms with Crippen LogP contribution in [0.1, 0.15) is 104 Å². The van der Waals surface area contributed by atoms with Gasteiger partial charge in [0.2, 0.25) is 0 Å². The number of aryl methyl sites for hydroxylation is 1. The maximum atomic E-state index is 13.9. The first kappa shape index (κ1) is 39.0. The molecule has 4 rings (SSSR count). The molecule has 0 bridgehead atoms. The smallest absolute Gasteiger partial charge is 0.340 e. The zero-order valence-corrected chi connectivity index (χ0v) is 31.8. The Morgan fingerprint density at radius 2 is 1.62 bits per heavy atom. The minimum absolute atomic E-state index is 0.0985. The van der Waals surface area contributed by atoms with Crippen molar-refractivity contribution in [1.82, 2.24) is 4.98 Å². The van der Waals surface area contributed by atoms with Crippen LogP contribution < -0.4 is 9.64 Å². The molecular weight excluding hydrogens is 631 g/mol. The molecule has 0 saturated carbocycles. The molecular formula is C42H57FN2O5. The van der Waals surface area contributed by atoms with Crippen molar-refractivity contribution < 1.29 is 28.1 Å². The van der Waals surface area contributed by atoms with Crippen LogP contribution in [0.15, 0.2) is 54.6 Å². The number of piperidine rings is 1. The Morgan fingerprint density at radius 1 is 0.980 bits per heavy atom. The van der Waals surface area contributed by atoms with Gasteiger partial charge in [-0.3, -0.25) is 4.98 Å². The van der Waals surface area contributed by atoms with E-state index in [2.05, 4.69) is 30.9 Å². The van der Waals surface area contributed by atoms with E-state index < -0.39 is 17.7 Å². The molecule has 0 radical (unpaired) electrons. The molecule has 272 valence electrons. The molecule has 0 amide bonds. The minimum Gasteiger partial charge on any atom is -0.493 e. The highest BCUT2D eigenvalue weighted by molar-refractivity contribution is 5.91. The molecule has 0 spiro atoms. The first-order chi connectivity index (χ1) is 23.5. The fraction of sp³-hybridized carbons (Fsp3) is 0.524. The van der Waals surface area contributed by atoms with Gasteiger partial charge in [-0.25, -0.2) is 9.18 Å². The van der Waals surface area contributed by atoms with Crippen LogP contribution in [-0.2, 0) is 25.4 Å². The summed E-state index contributed by atoms with van der Waals surface area (Å²) in [7, 11) is 0. The number of ether oxygens (including phenoxy) is 4. The molecule has 2 aromatic carbocycles. The van der Waals surface area contributed by atoms with E-state index in [4.69, 9.17) is 23.9 Å². The zero-order chi connectivity index (χ0) is 36.6. The predicted octanol–water partition coefficient (Wildman–Crippen LogP) is 9.69. The van der Waals surface area contributed by atoms with Crippen molar-refractivity contribution in [3.63, 3.8) is 0 Å². The number of carbonyl (C=O) groups excluding carboxylic acids is 1. The molecule has 0 aliphatic carbocycles. The van der Waals surface area contributed by atoms with Gasteiger partial charge in [0.15, 0.2) is 6.10 Å². The van der Waals surface area contributed by atoms with Gasteiger partial charge in [0.05, 0.1) is 42.4 Å². The molecule has 1 fully saturated rings. The number of rotatable bonds is 14. The van der Waals surface area contributed by atoms with E-state index in [0.29, 0.717) is 25.3 Å². The fourth-order valence-electron chi connectivity index (χ4n) is 6.04. The van der Waals surface area contributed by atoms with Gasteiger partial charge in [0, 0.05) is 36.3 Å². The van der Waals surface area contributed by atoms with Gasteiger partial charge in [0.1, 0.15) is 11.6 Å². The van der Waals surface area contributed by atoms with Crippen molar-refractivity contribution in [2.75, 3.05) is 31.2 Å². The number of hydrogen-bond donors (Lipinski definition) is 0. The summed E-state index contributed by atoms with van der Waals surface area (Å²) in [5.41, 5.74) is 5.63. The standard InChI is InChI=1S/C42H57FN2O5/c1-28(2)47-26-11-12-35-37(32-15-19-34(20-16-32)48-27-21-31-13-17-33(43)18-14-31)38(45-24-22-42(9,10)23-25-45)36(30(5)44-35)39(50-41(6,7)8)40(46)49-29(3)4/h11-20,28-29,39H,21-27H2,1-10H3/b12-11+/t39-/m0/s1. The Bertz CT molecular complexity index is 1580. The van der Waals surface area contributed by atoms with Crippen LogP contribution in [0.5, 0.6) is 5.75 Å². The van der Waals surface area contributed by atoms with Gasteiger partial charge in [-0.15, -0.1) is 0 Å². The van der Waals surface area contributed by atoms with Gasteiger partial charge < -0.3 is 23.8 Å². The first-order valence-corrected chi connectivity index (χ1v) is 18.0. The van der Waals surface area contributed by atoms with Crippen molar-refractivity contribution in [1.29, 1.82) is 0 Å². The number of benzene rings is 2. The molecule has 1 saturated heterocycles. The van der Waals surface area contributed by atoms with Crippen LogP contribution in [0.3, 0.4) is 0 Å². The molecule has 50 heavy (non-hydrogen) atoms. The summed E-state index contributed by atoms with van der Waals surface area (Å²) < 4.78 is 37.7. The third-order valence-electron chi connectivity index (χ3n) is 8.68. The monoisotopic (exact) mass is 688 g/mol. The van der Waals surface area contributed by atoms with E-state index in [-0.39, 0.29) is 23.4 Å². The molecule has 0 unspecified atom stereocenters. The third-order valence-corrected chi connectivity index (χ3v) is 8.68. The lowest BCUT2D eigenvalue weighted by Gasteiger charge is -2.41. The van der Waals surface area contributed by atoms with E-state index >= 15 is 0 Å². The van der Waals surface area contributed by atoms with E-state index in [0.717, 1.165) is 65.3 Å². The number of aromatic nitrogens is 1. The summed E-state index contributed by atoms with van der Waals surface area (Å²) in [6, 6.07) is 14.5. The first-order valence-electron chi connectivity index (χ1n) is 18.0. The van der Waals surface area contributed by atoms with Crippen molar-refractivity contribution in [3.05, 3.63) is 82.9 Å². The average Bonchev–Trinajstić information content (AvgIpc) is 3.02. The number of nitrogens with zero attached hydrogens (tertiary/aromatic N) is 2. The Kier molecular flexibility index (Phi) is 13.3. The van der Waals surface area contributed by atoms with Crippen LogP contribution in [-0.4, -0.2) is 55.1 Å². The van der Waals surface area contributed by atoms with Gasteiger partial charge in [-0.05, 0) is 115 Å². The van der Waals surface area contributed by atoms with Crippen LogP contribution in [0.25, 0.3) is 17.2 Å². The molecule has 0 N–H and O–H groups in total. The minimum atomic E-state index is -0.982. The van der Waals surface area contributed by atoms with E-state index in [9.17, 15) is 9.18 Å². The summed E-state index contributed by atoms with van der Waals surface area (Å²) in [5, 5.41) is 0. The number of halogens is 1. The summed E-state index contributed by atoms with van der Waals surface area (Å²) in [6.07, 6.45) is 5.50. The maximum Gasteiger partial charge on any atom is 0.340 e. The Morgan fingerprint density at radius 3 is 2.20 bits per heavy atom. The van der Waals surface area contributed by atoms with Crippen LogP contribution in [0.4, 0.5) is 10.1 Å². The van der Waals surface area contributed by atoms with Gasteiger partial charge in [-0.1, -0.05) is 44.2 Å². The Hall–Kier alpha value is -3.75. The number of pyridine rings is 1. The Balaban J connectivity index is 1.86. The van der Waals surface area contributed by atoms with Crippen LogP contribution in [0, 0.1) is 18.2 Å². The highest BCUT2D eigenvalue weighted by atomic mass is 19.1. The van der Waals surface area contributed by atoms with Crippen molar-refractivity contribution in [2.24, 2.45) is 5.41 Å². The van der Waals surface area contributed by atoms with E-state index in [1.807, 2.05) is 79.7 Å². The van der Waals surface area contributed by atoms with Crippen LogP contribution in [0.2, 0.25) is 0 Å². The quantitative estimate of drug-likeness (QED) is 0.156. The molecule has 1 aliphatic heterocycles. The van der Waals surface area contributed by atoms with Crippen molar-refractivity contribution in [3.8, 4) is 16.9 Å². The van der Waals surface area contributed by atoms with Crippen molar-refractivity contribution >= 4 is 17.7 Å². The number of hydrogen-bond acceptors (Lipinski definition) is 7. The Labute approximate surface area is 299 Å². The fourth-order valence-corrected chi connectivity index (χ4v) is 6.04. The molecule has 1 aliphatic rings. The maximum absolute atomic E-state index is 13.9. The van der Waals surface area contributed by atoms with E-state index in [1.54, 1.807) is 12.1 Å². The summed E-state index contributed by atoms with van der Waals surface area (Å²) >= 11 is 0. The van der Waals surface area contributed by atoms with Gasteiger partial charge >= 0.3 is 5.97 Å². The number of esters is 1. The molecule has 1 atom stereocenters. The lowest BCUT2D eigenvalue weighted by atomic mass is 9.81. The second-order valence-corrected chi connectivity index (χ2v) is 15.5. The summed E-state index contributed by atoms with van der Waals surface area (Å²) in [4.78, 5) is 21.5. The molecule has 7 nitrogen and oxygen atoms in total. The lowest BCUT2D eigenvalue weighted by molar-refractivity contribution is -0.171. The SMILES string of the molecule is Cc1nc(/C=C/COC(C)C)c(-c2ccc(OCCc3ccc(F)cc3)cc2)c(N2CCC(C)(C)CC2)c1[C@H](OC(C)(C)C)C(=O)OC(C)C. The molecule has 2 heterocycles. The normalized spacial score (nSPS) is 15.6. The number of anilines is 1. The van der Waals surface area contributed by atoms with Gasteiger partial charge in [-0.2, -0.15) is 0 Å². The van der Waals surface area contributed by atoms with Crippen LogP contribution >= 0.6 is 0 Å². The lowest BCUT2D eigenvalue weighted by Crippen LogP contribution is -2.39. The highest BCUT2D eigenvalue weighted by Gasteiger charge is 2.38.